The molecule has 6 nitrogen and oxygen atoms in total. The molecule has 120 valence electrons. The lowest BCUT2D eigenvalue weighted by Crippen LogP contribution is -2.22. The average molecular weight is 310 g/mol. The van der Waals surface area contributed by atoms with Crippen LogP contribution in [0, 0.1) is 0 Å². The van der Waals surface area contributed by atoms with Crippen molar-refractivity contribution in [1.82, 2.24) is 29.9 Å². The quantitative estimate of drug-likeness (QED) is 0.786. The molecule has 3 rings (SSSR count). The minimum absolute atomic E-state index is 0.0184. The molecule has 3 aromatic heterocycles. The largest absolute Gasteiger partial charge is 0.308 e. The molecule has 1 N–H and O–H groups in total. The zero-order valence-corrected chi connectivity index (χ0v) is 13.8. The summed E-state index contributed by atoms with van der Waals surface area (Å²) in [5.74, 6) is 0.824. The minimum Gasteiger partial charge on any atom is -0.308 e. The average Bonchev–Trinajstić information content (AvgIpc) is 3.19. The van der Waals surface area contributed by atoms with Crippen LogP contribution in [0.15, 0.2) is 49.2 Å². The summed E-state index contributed by atoms with van der Waals surface area (Å²) in [5.41, 5.74) is 2.34. The van der Waals surface area contributed by atoms with Gasteiger partial charge in [-0.2, -0.15) is 10.2 Å². The Hall–Kier alpha value is -2.47. The Morgan fingerprint density at radius 1 is 1.04 bits per heavy atom. The predicted molar refractivity (Wildman–Crippen MR) is 89.1 cm³/mol. The second-order valence-corrected chi connectivity index (χ2v) is 6.54. The van der Waals surface area contributed by atoms with Gasteiger partial charge in [0.2, 0.25) is 0 Å². The summed E-state index contributed by atoms with van der Waals surface area (Å²) >= 11 is 0. The maximum absolute atomic E-state index is 4.43. The Bertz CT molecular complexity index is 734. The van der Waals surface area contributed by atoms with E-state index in [0.717, 1.165) is 24.5 Å². The molecule has 0 unspecified atom stereocenters. The highest BCUT2D eigenvalue weighted by Crippen LogP contribution is 2.13. The summed E-state index contributed by atoms with van der Waals surface area (Å²) < 4.78 is 3.74. The van der Waals surface area contributed by atoms with Crippen molar-refractivity contribution in [3.63, 3.8) is 0 Å². The SMILES string of the molecule is CC(C)(C)n1cc(CNCc2ccc(-n3cccn3)nc2)cn1. The molecule has 0 saturated heterocycles. The number of rotatable bonds is 5. The van der Waals surface area contributed by atoms with E-state index in [1.807, 2.05) is 35.4 Å². The molecule has 0 atom stereocenters. The molecule has 0 bridgehead atoms. The van der Waals surface area contributed by atoms with E-state index in [2.05, 4.69) is 53.5 Å². The molecule has 3 aromatic rings. The van der Waals surface area contributed by atoms with Gasteiger partial charge < -0.3 is 5.32 Å². The maximum atomic E-state index is 4.43. The van der Waals surface area contributed by atoms with Crippen LogP contribution in [0.2, 0.25) is 0 Å². The summed E-state index contributed by atoms with van der Waals surface area (Å²) in [6, 6.07) is 5.92. The van der Waals surface area contributed by atoms with E-state index in [-0.39, 0.29) is 5.54 Å². The van der Waals surface area contributed by atoms with Gasteiger partial charge in [0.1, 0.15) is 0 Å². The number of nitrogens with one attached hydrogen (secondary N) is 1. The van der Waals surface area contributed by atoms with E-state index in [1.165, 1.54) is 5.56 Å². The summed E-state index contributed by atoms with van der Waals surface area (Å²) in [6.45, 7) is 7.99. The summed E-state index contributed by atoms with van der Waals surface area (Å²) in [6.07, 6.45) is 9.51. The lowest BCUT2D eigenvalue weighted by Gasteiger charge is -2.18. The highest BCUT2D eigenvalue weighted by molar-refractivity contribution is 5.24. The topological polar surface area (TPSA) is 60.6 Å². The first-order valence-electron chi connectivity index (χ1n) is 7.72. The summed E-state index contributed by atoms with van der Waals surface area (Å²) in [5, 5.41) is 12.0. The third kappa shape index (κ3) is 3.84. The standard InChI is InChI=1S/C17H22N6/c1-17(2,3)23-13-15(12-21-23)10-18-9-14-5-6-16(19-11-14)22-8-4-7-20-22/h4-8,11-13,18H,9-10H2,1-3H3. The van der Waals surface area contributed by atoms with Crippen molar-refractivity contribution < 1.29 is 0 Å². The van der Waals surface area contributed by atoms with Gasteiger partial charge in [0, 0.05) is 43.4 Å². The Kier molecular flexibility index (Phi) is 4.25. The fraction of sp³-hybridized carbons (Fsp3) is 0.353. The van der Waals surface area contributed by atoms with E-state index in [0.29, 0.717) is 0 Å². The highest BCUT2D eigenvalue weighted by Gasteiger charge is 2.13. The van der Waals surface area contributed by atoms with Crippen LogP contribution in [0.1, 0.15) is 31.9 Å². The number of aromatic nitrogens is 5. The molecular formula is C17H22N6. The van der Waals surface area contributed by atoms with Crippen LogP contribution in [0.5, 0.6) is 0 Å². The fourth-order valence-electron chi connectivity index (χ4n) is 2.23. The zero-order chi connectivity index (χ0) is 16.3. The van der Waals surface area contributed by atoms with Gasteiger partial charge in [0.25, 0.3) is 0 Å². The van der Waals surface area contributed by atoms with Crippen LogP contribution in [0.3, 0.4) is 0 Å². The van der Waals surface area contributed by atoms with E-state index >= 15 is 0 Å². The lowest BCUT2D eigenvalue weighted by molar-refractivity contribution is 0.355. The van der Waals surface area contributed by atoms with Gasteiger partial charge in [-0.1, -0.05) is 6.07 Å². The van der Waals surface area contributed by atoms with Crippen molar-refractivity contribution in [1.29, 1.82) is 0 Å². The molecular weight excluding hydrogens is 288 g/mol. The van der Waals surface area contributed by atoms with Crippen molar-refractivity contribution in [2.45, 2.75) is 39.4 Å². The lowest BCUT2D eigenvalue weighted by atomic mass is 10.1. The smallest absolute Gasteiger partial charge is 0.153 e. The first-order valence-corrected chi connectivity index (χ1v) is 7.72. The van der Waals surface area contributed by atoms with Crippen molar-refractivity contribution in [2.24, 2.45) is 0 Å². The normalized spacial score (nSPS) is 11.8. The Morgan fingerprint density at radius 3 is 2.48 bits per heavy atom. The van der Waals surface area contributed by atoms with Gasteiger partial charge in [-0.05, 0) is 38.5 Å². The van der Waals surface area contributed by atoms with Crippen molar-refractivity contribution >= 4 is 0 Å². The summed E-state index contributed by atoms with van der Waals surface area (Å²) in [4.78, 5) is 4.43. The first-order chi connectivity index (χ1) is 11.0. The van der Waals surface area contributed by atoms with Crippen LogP contribution >= 0.6 is 0 Å². The van der Waals surface area contributed by atoms with Crippen LogP contribution in [0.25, 0.3) is 5.82 Å². The van der Waals surface area contributed by atoms with Gasteiger partial charge >= 0.3 is 0 Å². The number of hydrogen-bond acceptors (Lipinski definition) is 4. The molecule has 0 saturated carbocycles. The van der Waals surface area contributed by atoms with E-state index in [4.69, 9.17) is 0 Å². The molecule has 0 aliphatic heterocycles. The molecule has 0 spiro atoms. The van der Waals surface area contributed by atoms with Crippen LogP contribution in [-0.4, -0.2) is 24.5 Å². The summed E-state index contributed by atoms with van der Waals surface area (Å²) in [7, 11) is 0. The molecule has 0 amide bonds. The van der Waals surface area contributed by atoms with Gasteiger partial charge in [0.15, 0.2) is 5.82 Å². The van der Waals surface area contributed by atoms with Gasteiger partial charge in [-0.15, -0.1) is 0 Å². The predicted octanol–water partition coefficient (Wildman–Crippen LogP) is 2.51. The van der Waals surface area contributed by atoms with Crippen LogP contribution in [-0.2, 0) is 18.6 Å². The Morgan fingerprint density at radius 2 is 1.87 bits per heavy atom. The van der Waals surface area contributed by atoms with E-state index in [1.54, 1.807) is 10.9 Å². The first kappa shape index (κ1) is 15.4. The second-order valence-electron chi connectivity index (χ2n) is 6.54. The maximum Gasteiger partial charge on any atom is 0.153 e. The van der Waals surface area contributed by atoms with E-state index in [9.17, 15) is 0 Å². The van der Waals surface area contributed by atoms with Crippen molar-refractivity contribution in [3.05, 3.63) is 60.3 Å². The molecule has 0 aromatic carbocycles. The monoisotopic (exact) mass is 310 g/mol. The van der Waals surface area contributed by atoms with Gasteiger partial charge in [-0.3, -0.25) is 4.68 Å². The fourth-order valence-corrected chi connectivity index (χ4v) is 2.23. The van der Waals surface area contributed by atoms with Crippen LogP contribution < -0.4 is 5.32 Å². The Labute approximate surface area is 136 Å². The molecule has 6 heteroatoms. The van der Waals surface area contributed by atoms with Crippen molar-refractivity contribution in [2.75, 3.05) is 0 Å². The third-order valence-corrected chi connectivity index (χ3v) is 3.53. The molecule has 0 aliphatic rings. The second kappa shape index (κ2) is 6.34. The number of nitrogens with zero attached hydrogens (tertiary/aromatic N) is 5. The zero-order valence-electron chi connectivity index (χ0n) is 13.8. The third-order valence-electron chi connectivity index (χ3n) is 3.53. The highest BCUT2D eigenvalue weighted by atomic mass is 15.3. The number of hydrogen-bond donors (Lipinski definition) is 1. The minimum atomic E-state index is 0.0184. The molecule has 0 aliphatic carbocycles. The van der Waals surface area contributed by atoms with E-state index < -0.39 is 0 Å². The molecule has 23 heavy (non-hydrogen) atoms. The van der Waals surface area contributed by atoms with Crippen molar-refractivity contribution in [3.8, 4) is 5.82 Å². The van der Waals surface area contributed by atoms with Gasteiger partial charge in [0.05, 0.1) is 11.7 Å². The molecule has 0 radical (unpaired) electrons. The van der Waals surface area contributed by atoms with Crippen LogP contribution in [0.4, 0.5) is 0 Å². The molecule has 3 heterocycles. The molecule has 0 fully saturated rings. The number of pyridine rings is 1. The Balaban J connectivity index is 1.54. The van der Waals surface area contributed by atoms with Gasteiger partial charge in [-0.25, -0.2) is 9.67 Å².